The maximum Gasteiger partial charge on any atom is 0.337 e. The fraction of sp³-hybridized carbons (Fsp3) is 0.200. The summed E-state index contributed by atoms with van der Waals surface area (Å²) in [6.45, 7) is 3.86. The lowest BCUT2D eigenvalue weighted by molar-refractivity contribution is 0.0601. The first-order valence-electron chi connectivity index (χ1n) is 8.67. The number of sulfonamides is 1. The minimum atomic E-state index is -3.89. The van der Waals surface area contributed by atoms with Gasteiger partial charge in [-0.2, -0.15) is 5.10 Å². The van der Waals surface area contributed by atoms with Crippen LogP contribution in [0.2, 0.25) is 0 Å². The Labute approximate surface area is 164 Å². The molecule has 146 valence electrons. The summed E-state index contributed by atoms with van der Waals surface area (Å²) in [5.74, 6) is -0.487. The zero-order chi connectivity index (χ0) is 20.3. The van der Waals surface area contributed by atoms with Gasteiger partial charge < -0.3 is 4.74 Å². The van der Waals surface area contributed by atoms with Crippen LogP contribution in [0.3, 0.4) is 0 Å². The minimum absolute atomic E-state index is 0.00533. The number of anilines is 1. The third-order valence-electron chi connectivity index (χ3n) is 4.12. The van der Waals surface area contributed by atoms with Crippen molar-refractivity contribution in [2.24, 2.45) is 0 Å². The molecule has 0 aliphatic heterocycles. The van der Waals surface area contributed by atoms with Crippen molar-refractivity contribution in [3.05, 3.63) is 66.4 Å². The van der Waals surface area contributed by atoms with Gasteiger partial charge in [0.1, 0.15) is 10.6 Å². The highest BCUT2D eigenvalue weighted by molar-refractivity contribution is 7.92. The molecule has 0 fully saturated rings. The van der Waals surface area contributed by atoms with Gasteiger partial charge in [-0.3, -0.25) is 9.40 Å². The minimum Gasteiger partial charge on any atom is -0.465 e. The number of benzene rings is 2. The van der Waals surface area contributed by atoms with E-state index in [1.54, 1.807) is 4.68 Å². The molecule has 0 unspecified atom stereocenters. The maximum atomic E-state index is 13.1. The molecule has 0 amide bonds. The number of carbonyl (C=O) groups is 1. The monoisotopic (exact) mass is 399 g/mol. The Kier molecular flexibility index (Phi) is 5.51. The number of nitrogens with zero attached hydrogens (tertiary/aromatic N) is 2. The molecule has 1 N–H and O–H groups in total. The van der Waals surface area contributed by atoms with Crippen molar-refractivity contribution in [3.8, 4) is 11.3 Å². The van der Waals surface area contributed by atoms with Crippen LogP contribution >= 0.6 is 0 Å². The molecule has 0 aliphatic rings. The lowest BCUT2D eigenvalue weighted by Gasteiger charge is -2.09. The van der Waals surface area contributed by atoms with E-state index in [-0.39, 0.29) is 10.9 Å². The average molecular weight is 399 g/mol. The Morgan fingerprint density at radius 2 is 1.71 bits per heavy atom. The molecule has 0 bridgehead atoms. The Morgan fingerprint density at radius 3 is 2.29 bits per heavy atom. The van der Waals surface area contributed by atoms with E-state index in [9.17, 15) is 13.2 Å². The summed E-state index contributed by atoms with van der Waals surface area (Å²) in [6.07, 6.45) is 1.53. The second-order valence-corrected chi connectivity index (χ2v) is 8.11. The fourth-order valence-electron chi connectivity index (χ4n) is 2.63. The molecule has 1 aromatic heterocycles. The molecule has 8 heteroatoms. The molecule has 28 heavy (non-hydrogen) atoms. The molecule has 0 aliphatic carbocycles. The topological polar surface area (TPSA) is 90.3 Å². The van der Waals surface area contributed by atoms with E-state index in [1.807, 2.05) is 44.2 Å². The summed E-state index contributed by atoms with van der Waals surface area (Å²) in [5, 5.41) is 4.47. The highest BCUT2D eigenvalue weighted by Gasteiger charge is 2.24. The van der Waals surface area contributed by atoms with Gasteiger partial charge in [0.05, 0.1) is 12.7 Å². The van der Waals surface area contributed by atoms with E-state index in [2.05, 4.69) is 14.6 Å². The first-order valence-corrected chi connectivity index (χ1v) is 10.2. The molecule has 3 rings (SSSR count). The van der Waals surface area contributed by atoms with Crippen LogP contribution in [0.5, 0.6) is 0 Å². The summed E-state index contributed by atoms with van der Waals surface area (Å²) < 4.78 is 34.9. The van der Waals surface area contributed by atoms with Crippen LogP contribution in [-0.4, -0.2) is 31.3 Å². The van der Waals surface area contributed by atoms with Crippen LogP contribution in [-0.2, 0) is 14.8 Å². The first kappa shape index (κ1) is 19.6. The van der Waals surface area contributed by atoms with Gasteiger partial charge >= 0.3 is 5.97 Å². The Hall–Kier alpha value is -3.13. The molecular formula is C20H21N3O4S. The third kappa shape index (κ3) is 4.07. The van der Waals surface area contributed by atoms with E-state index in [0.717, 1.165) is 0 Å². The number of ether oxygens (including phenoxy) is 1. The summed E-state index contributed by atoms with van der Waals surface area (Å²) in [7, 11) is -2.60. The van der Waals surface area contributed by atoms with Gasteiger partial charge in [0, 0.05) is 23.5 Å². The van der Waals surface area contributed by atoms with Crippen LogP contribution < -0.4 is 4.72 Å². The van der Waals surface area contributed by atoms with Crippen LogP contribution in [0.4, 0.5) is 5.69 Å². The first-order chi connectivity index (χ1) is 13.3. The second-order valence-electron chi connectivity index (χ2n) is 6.46. The number of hydrogen-bond acceptors (Lipinski definition) is 5. The average Bonchev–Trinajstić information content (AvgIpc) is 3.15. The zero-order valence-corrected chi connectivity index (χ0v) is 16.6. The highest BCUT2D eigenvalue weighted by Crippen LogP contribution is 2.28. The quantitative estimate of drug-likeness (QED) is 0.638. The Morgan fingerprint density at radius 1 is 1.07 bits per heavy atom. The number of aromatic nitrogens is 2. The summed E-state index contributed by atoms with van der Waals surface area (Å²) in [6, 6.07) is 15.2. The molecule has 1 heterocycles. The van der Waals surface area contributed by atoms with Crippen molar-refractivity contribution in [1.29, 1.82) is 0 Å². The van der Waals surface area contributed by atoms with Crippen molar-refractivity contribution < 1.29 is 17.9 Å². The normalized spacial score (nSPS) is 11.4. The van der Waals surface area contributed by atoms with Crippen LogP contribution in [0.25, 0.3) is 11.3 Å². The molecule has 0 spiro atoms. The standard InChI is InChI=1S/C20H21N3O4S/c1-14(2)23-13-18(19(21-23)15-7-5-4-6-8-15)28(25,26)22-17-11-9-16(10-12-17)20(24)27-3/h4-14,22H,1-3H3. The molecule has 0 radical (unpaired) electrons. The van der Waals surface area contributed by atoms with E-state index >= 15 is 0 Å². The summed E-state index contributed by atoms with van der Waals surface area (Å²) in [4.78, 5) is 11.6. The summed E-state index contributed by atoms with van der Waals surface area (Å²) in [5.41, 5.74) is 1.77. The van der Waals surface area contributed by atoms with E-state index in [4.69, 9.17) is 0 Å². The lowest BCUT2D eigenvalue weighted by Crippen LogP contribution is -2.13. The van der Waals surface area contributed by atoms with Crippen molar-refractivity contribution >= 4 is 21.7 Å². The molecule has 0 atom stereocenters. The third-order valence-corrected chi connectivity index (χ3v) is 5.50. The van der Waals surface area contributed by atoms with Crippen molar-refractivity contribution in [2.75, 3.05) is 11.8 Å². The van der Waals surface area contributed by atoms with Gasteiger partial charge in [-0.05, 0) is 38.1 Å². The highest BCUT2D eigenvalue weighted by atomic mass is 32.2. The van der Waals surface area contributed by atoms with Crippen molar-refractivity contribution in [1.82, 2.24) is 9.78 Å². The van der Waals surface area contributed by atoms with Crippen molar-refractivity contribution in [3.63, 3.8) is 0 Å². The number of rotatable bonds is 6. The number of hydrogen-bond donors (Lipinski definition) is 1. The van der Waals surface area contributed by atoms with Crippen LogP contribution in [0.1, 0.15) is 30.2 Å². The van der Waals surface area contributed by atoms with Gasteiger partial charge in [0.2, 0.25) is 0 Å². The van der Waals surface area contributed by atoms with Crippen LogP contribution in [0.15, 0.2) is 65.7 Å². The zero-order valence-electron chi connectivity index (χ0n) is 15.8. The van der Waals surface area contributed by atoms with Gasteiger partial charge in [-0.1, -0.05) is 30.3 Å². The van der Waals surface area contributed by atoms with Crippen molar-refractivity contribution in [2.45, 2.75) is 24.8 Å². The predicted octanol–water partition coefficient (Wildman–Crippen LogP) is 3.72. The molecular weight excluding hydrogens is 378 g/mol. The van der Waals surface area contributed by atoms with Crippen LogP contribution in [0, 0.1) is 0 Å². The smallest absolute Gasteiger partial charge is 0.337 e. The van der Waals surface area contributed by atoms with Gasteiger partial charge in [0.15, 0.2) is 0 Å². The largest absolute Gasteiger partial charge is 0.465 e. The molecule has 3 aromatic rings. The Bertz CT molecular complexity index is 1070. The Balaban J connectivity index is 1.98. The maximum absolute atomic E-state index is 13.1. The van der Waals surface area contributed by atoms with E-state index in [1.165, 1.54) is 37.6 Å². The lowest BCUT2D eigenvalue weighted by atomic mass is 10.2. The van der Waals surface area contributed by atoms with E-state index < -0.39 is 16.0 Å². The number of esters is 1. The van der Waals surface area contributed by atoms with E-state index in [0.29, 0.717) is 22.5 Å². The molecule has 0 saturated carbocycles. The molecule has 2 aromatic carbocycles. The van der Waals surface area contributed by atoms with Gasteiger partial charge in [-0.15, -0.1) is 0 Å². The fourth-order valence-corrected chi connectivity index (χ4v) is 3.85. The SMILES string of the molecule is COC(=O)c1ccc(NS(=O)(=O)c2cn(C(C)C)nc2-c2ccccc2)cc1. The van der Waals surface area contributed by atoms with Gasteiger partial charge in [0.25, 0.3) is 10.0 Å². The van der Waals surface area contributed by atoms with Gasteiger partial charge in [-0.25, -0.2) is 13.2 Å². The number of nitrogens with one attached hydrogen (secondary N) is 1. The second kappa shape index (κ2) is 7.85. The molecule has 0 saturated heterocycles. The summed E-state index contributed by atoms with van der Waals surface area (Å²) >= 11 is 0. The number of carbonyl (C=O) groups excluding carboxylic acids is 1. The molecule has 7 nitrogen and oxygen atoms in total. The predicted molar refractivity (Wildman–Crippen MR) is 107 cm³/mol. The number of methoxy groups -OCH3 is 1.